The third-order valence-corrected chi connectivity index (χ3v) is 4.70. The molecule has 1 aliphatic rings. The van der Waals surface area contributed by atoms with Crippen LogP contribution in [0.1, 0.15) is 35.7 Å². The molecule has 0 radical (unpaired) electrons. The Morgan fingerprint density at radius 1 is 1.38 bits per heavy atom. The standard InChI is InChI=1S/C16H24N2OS.ClH/c1-3-20-12-13-6-8-14(9-7-13)16(19)18-10-4-5-15(18)11-17-2;/h6-9,15,17H,3-5,10-12H2,1-2H3;1H. The summed E-state index contributed by atoms with van der Waals surface area (Å²) in [7, 11) is 1.95. The van der Waals surface area contributed by atoms with Crippen LogP contribution in [0.25, 0.3) is 0 Å². The molecule has 0 saturated carbocycles. The molecular weight excluding hydrogens is 304 g/mol. The minimum absolute atomic E-state index is 0. The summed E-state index contributed by atoms with van der Waals surface area (Å²) in [6.07, 6.45) is 2.22. The van der Waals surface area contributed by atoms with Crippen LogP contribution < -0.4 is 5.32 Å². The van der Waals surface area contributed by atoms with Gasteiger partial charge in [0, 0.05) is 30.4 Å². The molecule has 1 amide bonds. The van der Waals surface area contributed by atoms with Crippen molar-refractivity contribution in [3.63, 3.8) is 0 Å². The predicted molar refractivity (Wildman–Crippen MR) is 93.5 cm³/mol. The molecule has 0 aromatic heterocycles. The van der Waals surface area contributed by atoms with Gasteiger partial charge in [0.25, 0.3) is 5.91 Å². The van der Waals surface area contributed by atoms with Crippen molar-refractivity contribution in [3.05, 3.63) is 35.4 Å². The van der Waals surface area contributed by atoms with E-state index in [1.165, 1.54) is 5.56 Å². The van der Waals surface area contributed by atoms with Crippen molar-refractivity contribution < 1.29 is 4.79 Å². The third kappa shape index (κ3) is 4.90. The molecule has 1 N–H and O–H groups in total. The lowest BCUT2D eigenvalue weighted by atomic mass is 10.1. The molecule has 118 valence electrons. The lowest BCUT2D eigenvalue weighted by Crippen LogP contribution is -2.40. The van der Waals surface area contributed by atoms with Crippen molar-refractivity contribution in [2.24, 2.45) is 0 Å². The largest absolute Gasteiger partial charge is 0.334 e. The number of carbonyl (C=O) groups excluding carboxylic acids is 1. The molecule has 1 unspecified atom stereocenters. The number of hydrogen-bond acceptors (Lipinski definition) is 3. The van der Waals surface area contributed by atoms with Gasteiger partial charge in [-0.25, -0.2) is 0 Å². The van der Waals surface area contributed by atoms with Crippen LogP contribution in [0.2, 0.25) is 0 Å². The maximum atomic E-state index is 12.6. The molecule has 1 fully saturated rings. The highest BCUT2D eigenvalue weighted by molar-refractivity contribution is 7.98. The van der Waals surface area contributed by atoms with Gasteiger partial charge in [-0.05, 0) is 43.3 Å². The second-order valence-electron chi connectivity index (χ2n) is 5.19. The zero-order valence-corrected chi connectivity index (χ0v) is 14.4. The molecule has 1 saturated heterocycles. The van der Waals surface area contributed by atoms with Gasteiger partial charge in [-0.1, -0.05) is 19.1 Å². The fourth-order valence-corrected chi connectivity index (χ4v) is 3.31. The van der Waals surface area contributed by atoms with Crippen LogP contribution in [0.5, 0.6) is 0 Å². The van der Waals surface area contributed by atoms with Crippen molar-refractivity contribution in [2.75, 3.05) is 25.9 Å². The average molecular weight is 329 g/mol. The van der Waals surface area contributed by atoms with E-state index >= 15 is 0 Å². The van der Waals surface area contributed by atoms with E-state index in [1.54, 1.807) is 0 Å². The first-order valence-corrected chi connectivity index (χ1v) is 8.54. The monoisotopic (exact) mass is 328 g/mol. The topological polar surface area (TPSA) is 32.3 Å². The first kappa shape index (κ1) is 18.3. The zero-order valence-electron chi connectivity index (χ0n) is 12.8. The maximum Gasteiger partial charge on any atom is 0.254 e. The minimum atomic E-state index is 0. The Morgan fingerprint density at radius 2 is 2.10 bits per heavy atom. The molecule has 0 bridgehead atoms. The van der Waals surface area contributed by atoms with Crippen LogP contribution in [0.4, 0.5) is 0 Å². The number of amides is 1. The predicted octanol–water partition coefficient (Wildman–Crippen LogP) is 3.19. The summed E-state index contributed by atoms with van der Waals surface area (Å²) >= 11 is 1.90. The Morgan fingerprint density at radius 3 is 2.71 bits per heavy atom. The molecule has 0 spiro atoms. The van der Waals surface area contributed by atoms with E-state index in [0.717, 1.165) is 43.0 Å². The van der Waals surface area contributed by atoms with Crippen LogP contribution in [-0.2, 0) is 5.75 Å². The van der Waals surface area contributed by atoms with E-state index in [9.17, 15) is 4.79 Å². The summed E-state index contributed by atoms with van der Waals surface area (Å²) in [4.78, 5) is 14.6. The maximum absolute atomic E-state index is 12.6. The second kappa shape index (κ2) is 9.34. The number of benzene rings is 1. The second-order valence-corrected chi connectivity index (χ2v) is 6.46. The number of carbonyl (C=O) groups is 1. The van der Waals surface area contributed by atoms with Gasteiger partial charge in [-0.15, -0.1) is 12.4 Å². The Labute approximate surface area is 138 Å². The first-order chi connectivity index (χ1) is 9.76. The molecule has 5 heteroatoms. The van der Waals surface area contributed by atoms with E-state index in [-0.39, 0.29) is 18.3 Å². The highest BCUT2D eigenvalue weighted by Crippen LogP contribution is 2.20. The molecule has 1 heterocycles. The Kier molecular flexibility index (Phi) is 8.15. The number of likely N-dealkylation sites (N-methyl/N-ethyl adjacent to an activating group) is 1. The average Bonchev–Trinajstić information content (AvgIpc) is 2.93. The number of thioether (sulfide) groups is 1. The lowest BCUT2D eigenvalue weighted by Gasteiger charge is -2.24. The summed E-state index contributed by atoms with van der Waals surface area (Å²) in [5.74, 6) is 2.33. The van der Waals surface area contributed by atoms with Crippen LogP contribution in [0, 0.1) is 0 Å². The quantitative estimate of drug-likeness (QED) is 0.870. The van der Waals surface area contributed by atoms with Gasteiger partial charge in [0.05, 0.1) is 0 Å². The van der Waals surface area contributed by atoms with Gasteiger partial charge < -0.3 is 10.2 Å². The highest BCUT2D eigenvalue weighted by atomic mass is 35.5. The lowest BCUT2D eigenvalue weighted by molar-refractivity contribution is 0.0737. The van der Waals surface area contributed by atoms with Gasteiger partial charge >= 0.3 is 0 Å². The first-order valence-electron chi connectivity index (χ1n) is 7.38. The normalized spacial score (nSPS) is 17.6. The van der Waals surface area contributed by atoms with Gasteiger partial charge in [0.1, 0.15) is 0 Å². The summed E-state index contributed by atoms with van der Waals surface area (Å²) in [6.45, 7) is 3.94. The molecule has 2 rings (SSSR count). The Balaban J connectivity index is 0.00000220. The SMILES string of the molecule is CCSCc1ccc(C(=O)N2CCCC2CNC)cc1.Cl. The van der Waals surface area contributed by atoms with E-state index in [2.05, 4.69) is 24.4 Å². The van der Waals surface area contributed by atoms with Crippen LogP contribution in [0.3, 0.4) is 0 Å². The number of rotatable bonds is 6. The molecule has 3 nitrogen and oxygen atoms in total. The number of likely N-dealkylation sites (tertiary alicyclic amines) is 1. The molecule has 1 aromatic carbocycles. The van der Waals surface area contributed by atoms with Crippen molar-refractivity contribution in [2.45, 2.75) is 31.6 Å². The molecule has 21 heavy (non-hydrogen) atoms. The molecule has 0 aliphatic carbocycles. The van der Waals surface area contributed by atoms with Gasteiger partial charge in [0.2, 0.25) is 0 Å². The summed E-state index contributed by atoms with van der Waals surface area (Å²) in [5.41, 5.74) is 2.11. The number of hydrogen-bond donors (Lipinski definition) is 1. The number of nitrogens with one attached hydrogen (secondary N) is 1. The molecule has 1 aliphatic heterocycles. The number of halogens is 1. The summed E-state index contributed by atoms with van der Waals surface area (Å²) in [6, 6.07) is 8.46. The van der Waals surface area contributed by atoms with Crippen molar-refractivity contribution in [3.8, 4) is 0 Å². The zero-order chi connectivity index (χ0) is 14.4. The van der Waals surface area contributed by atoms with Crippen molar-refractivity contribution in [1.29, 1.82) is 0 Å². The van der Waals surface area contributed by atoms with Crippen LogP contribution >= 0.6 is 24.2 Å². The summed E-state index contributed by atoms with van der Waals surface area (Å²) in [5, 5.41) is 3.18. The molecule has 1 aromatic rings. The number of nitrogens with zero attached hydrogens (tertiary/aromatic N) is 1. The van der Waals surface area contributed by atoms with E-state index < -0.39 is 0 Å². The smallest absolute Gasteiger partial charge is 0.254 e. The fourth-order valence-electron chi connectivity index (χ4n) is 2.68. The van der Waals surface area contributed by atoms with E-state index in [1.807, 2.05) is 35.8 Å². The van der Waals surface area contributed by atoms with E-state index in [0.29, 0.717) is 6.04 Å². The molecular formula is C16H25ClN2OS. The van der Waals surface area contributed by atoms with Crippen LogP contribution in [-0.4, -0.2) is 42.7 Å². The van der Waals surface area contributed by atoms with Crippen LogP contribution in [0.15, 0.2) is 24.3 Å². The Bertz CT molecular complexity index is 438. The summed E-state index contributed by atoms with van der Waals surface area (Å²) < 4.78 is 0. The van der Waals surface area contributed by atoms with E-state index in [4.69, 9.17) is 0 Å². The Hall–Kier alpha value is -0.710. The van der Waals surface area contributed by atoms with Gasteiger partial charge in [0.15, 0.2) is 0 Å². The van der Waals surface area contributed by atoms with Crippen molar-refractivity contribution >= 4 is 30.1 Å². The molecule has 1 atom stereocenters. The highest BCUT2D eigenvalue weighted by Gasteiger charge is 2.28. The third-order valence-electron chi connectivity index (χ3n) is 3.75. The fraction of sp³-hybridized carbons (Fsp3) is 0.562. The van der Waals surface area contributed by atoms with Crippen molar-refractivity contribution in [1.82, 2.24) is 10.2 Å². The minimum Gasteiger partial charge on any atom is -0.334 e. The van der Waals surface area contributed by atoms with Gasteiger partial charge in [-0.3, -0.25) is 4.79 Å². The van der Waals surface area contributed by atoms with Gasteiger partial charge in [-0.2, -0.15) is 11.8 Å².